The molecule has 0 aliphatic heterocycles. The van der Waals surface area contributed by atoms with E-state index >= 15 is 0 Å². The molecule has 1 saturated carbocycles. The van der Waals surface area contributed by atoms with Gasteiger partial charge in [-0.25, -0.2) is 0 Å². The molecule has 1 aliphatic carbocycles. The highest BCUT2D eigenvalue weighted by Gasteiger charge is 2.41. The fourth-order valence-corrected chi connectivity index (χ4v) is 2.40. The Morgan fingerprint density at radius 3 is 2.48 bits per heavy atom. The summed E-state index contributed by atoms with van der Waals surface area (Å²) in [5.74, 6) is 0.554. The van der Waals surface area contributed by atoms with E-state index in [1.165, 1.54) is 0 Å². The standard InChI is InChI=1S/C16H21ClN2O2/c1-3-19(16(21)14-8-11(14)2)10-15(20)18-9-12-4-6-13(17)7-5-12/h4-7,11,14H,3,8-10H2,1-2H3,(H,18,20)/t11-,14+/m0/s1. The second kappa shape index (κ2) is 6.94. The second-order valence-electron chi connectivity index (χ2n) is 5.58. The summed E-state index contributed by atoms with van der Waals surface area (Å²) in [7, 11) is 0. The van der Waals surface area contributed by atoms with Crippen molar-refractivity contribution >= 4 is 23.4 Å². The molecule has 21 heavy (non-hydrogen) atoms. The van der Waals surface area contributed by atoms with Gasteiger partial charge in [-0.2, -0.15) is 0 Å². The minimum atomic E-state index is -0.131. The predicted molar refractivity (Wildman–Crippen MR) is 82.8 cm³/mol. The zero-order chi connectivity index (χ0) is 15.4. The number of benzene rings is 1. The number of likely N-dealkylation sites (N-methyl/N-ethyl adjacent to an activating group) is 1. The molecule has 0 spiro atoms. The highest BCUT2D eigenvalue weighted by molar-refractivity contribution is 6.30. The number of halogens is 1. The number of carbonyl (C=O) groups is 2. The van der Waals surface area contributed by atoms with Gasteiger partial charge in [0.05, 0.1) is 6.54 Å². The molecule has 0 aromatic heterocycles. The third-order valence-corrected chi connectivity index (χ3v) is 4.11. The van der Waals surface area contributed by atoms with E-state index in [2.05, 4.69) is 12.2 Å². The summed E-state index contributed by atoms with van der Waals surface area (Å²) in [5, 5.41) is 3.51. The summed E-state index contributed by atoms with van der Waals surface area (Å²) < 4.78 is 0. The van der Waals surface area contributed by atoms with Crippen LogP contribution in [0.3, 0.4) is 0 Å². The molecule has 0 bridgehead atoms. The summed E-state index contributed by atoms with van der Waals surface area (Å²) in [4.78, 5) is 25.7. The van der Waals surface area contributed by atoms with E-state index < -0.39 is 0 Å². The van der Waals surface area contributed by atoms with Crippen molar-refractivity contribution in [1.29, 1.82) is 0 Å². The number of hydrogen-bond donors (Lipinski definition) is 1. The Balaban J connectivity index is 1.80. The van der Waals surface area contributed by atoms with Crippen LogP contribution in [0.25, 0.3) is 0 Å². The van der Waals surface area contributed by atoms with Crippen LogP contribution in [0.1, 0.15) is 25.8 Å². The second-order valence-corrected chi connectivity index (χ2v) is 6.01. The van der Waals surface area contributed by atoms with Gasteiger partial charge in [-0.3, -0.25) is 9.59 Å². The third kappa shape index (κ3) is 4.46. The number of nitrogens with zero attached hydrogens (tertiary/aromatic N) is 1. The number of carbonyl (C=O) groups excluding carboxylic acids is 2. The fraction of sp³-hybridized carbons (Fsp3) is 0.500. The molecule has 2 rings (SSSR count). The van der Waals surface area contributed by atoms with Crippen LogP contribution < -0.4 is 5.32 Å². The minimum absolute atomic E-state index is 0.103. The molecule has 1 N–H and O–H groups in total. The molecule has 2 atom stereocenters. The maximum Gasteiger partial charge on any atom is 0.239 e. The van der Waals surface area contributed by atoms with Crippen molar-refractivity contribution in [2.45, 2.75) is 26.8 Å². The van der Waals surface area contributed by atoms with E-state index in [0.29, 0.717) is 24.0 Å². The van der Waals surface area contributed by atoms with Gasteiger partial charge in [-0.05, 0) is 37.0 Å². The van der Waals surface area contributed by atoms with E-state index in [-0.39, 0.29) is 24.3 Å². The summed E-state index contributed by atoms with van der Waals surface area (Å²) >= 11 is 5.81. The Bertz CT molecular complexity index is 516. The third-order valence-electron chi connectivity index (χ3n) is 3.86. The predicted octanol–water partition coefficient (Wildman–Crippen LogP) is 2.46. The van der Waals surface area contributed by atoms with Crippen LogP contribution in [0.15, 0.2) is 24.3 Å². The first-order valence-corrected chi connectivity index (χ1v) is 7.69. The zero-order valence-electron chi connectivity index (χ0n) is 12.4. The van der Waals surface area contributed by atoms with Crippen LogP contribution in [0.5, 0.6) is 0 Å². The van der Waals surface area contributed by atoms with E-state index in [9.17, 15) is 9.59 Å². The average molecular weight is 309 g/mol. The minimum Gasteiger partial charge on any atom is -0.350 e. The van der Waals surface area contributed by atoms with Gasteiger partial charge in [0, 0.05) is 24.0 Å². The molecule has 1 aliphatic rings. The van der Waals surface area contributed by atoms with E-state index in [1.807, 2.05) is 19.1 Å². The molecular weight excluding hydrogens is 288 g/mol. The molecule has 4 nitrogen and oxygen atoms in total. The average Bonchev–Trinajstić information content (AvgIpc) is 3.20. The van der Waals surface area contributed by atoms with Gasteiger partial charge in [0.25, 0.3) is 0 Å². The van der Waals surface area contributed by atoms with Crippen molar-refractivity contribution in [3.05, 3.63) is 34.9 Å². The monoisotopic (exact) mass is 308 g/mol. The molecule has 0 saturated heterocycles. The van der Waals surface area contributed by atoms with Crippen molar-refractivity contribution in [2.75, 3.05) is 13.1 Å². The quantitative estimate of drug-likeness (QED) is 0.877. The maximum atomic E-state index is 12.1. The number of hydrogen-bond acceptors (Lipinski definition) is 2. The molecule has 0 heterocycles. The van der Waals surface area contributed by atoms with Crippen LogP contribution in [-0.4, -0.2) is 29.8 Å². The van der Waals surface area contributed by atoms with E-state index in [1.54, 1.807) is 17.0 Å². The summed E-state index contributed by atoms with van der Waals surface area (Å²) in [5.41, 5.74) is 0.984. The molecule has 114 valence electrons. The molecule has 0 radical (unpaired) electrons. The van der Waals surface area contributed by atoms with Gasteiger partial charge in [0.15, 0.2) is 0 Å². The molecule has 1 aromatic carbocycles. The van der Waals surface area contributed by atoms with Gasteiger partial charge >= 0.3 is 0 Å². The molecule has 2 amide bonds. The van der Waals surface area contributed by atoms with E-state index in [4.69, 9.17) is 11.6 Å². The topological polar surface area (TPSA) is 49.4 Å². The van der Waals surface area contributed by atoms with Crippen molar-refractivity contribution < 1.29 is 9.59 Å². The highest BCUT2D eigenvalue weighted by atomic mass is 35.5. The van der Waals surface area contributed by atoms with Crippen LogP contribution >= 0.6 is 11.6 Å². The first kappa shape index (κ1) is 15.8. The first-order valence-electron chi connectivity index (χ1n) is 7.31. The fourth-order valence-electron chi connectivity index (χ4n) is 2.28. The number of amides is 2. The molecule has 1 fully saturated rings. The van der Waals surface area contributed by atoms with Crippen LogP contribution in [-0.2, 0) is 16.1 Å². The number of nitrogens with one attached hydrogen (secondary N) is 1. The molecule has 1 aromatic rings. The zero-order valence-corrected chi connectivity index (χ0v) is 13.2. The van der Waals surface area contributed by atoms with Gasteiger partial charge < -0.3 is 10.2 Å². The van der Waals surface area contributed by atoms with E-state index in [0.717, 1.165) is 12.0 Å². The number of rotatable bonds is 6. The lowest BCUT2D eigenvalue weighted by atomic mass is 10.2. The SMILES string of the molecule is CCN(CC(=O)NCc1ccc(Cl)cc1)C(=O)[C@@H]1C[C@@H]1C. The Kier molecular flexibility index (Phi) is 5.23. The summed E-state index contributed by atoms with van der Waals surface area (Å²) in [6.07, 6.45) is 0.946. The van der Waals surface area contributed by atoms with Crippen molar-refractivity contribution in [3.63, 3.8) is 0 Å². The Hall–Kier alpha value is -1.55. The summed E-state index contributed by atoms with van der Waals surface area (Å²) in [6, 6.07) is 7.33. The Morgan fingerprint density at radius 2 is 1.95 bits per heavy atom. The van der Waals surface area contributed by atoms with Gasteiger partial charge in [0.2, 0.25) is 11.8 Å². The lowest BCUT2D eigenvalue weighted by molar-refractivity contribution is -0.137. The highest BCUT2D eigenvalue weighted by Crippen LogP contribution is 2.39. The Morgan fingerprint density at radius 1 is 1.33 bits per heavy atom. The largest absolute Gasteiger partial charge is 0.350 e. The van der Waals surface area contributed by atoms with Crippen LogP contribution in [0, 0.1) is 11.8 Å². The summed E-state index contributed by atoms with van der Waals surface area (Å²) in [6.45, 7) is 5.11. The lowest BCUT2D eigenvalue weighted by Gasteiger charge is -2.20. The molecular formula is C16H21ClN2O2. The van der Waals surface area contributed by atoms with Gasteiger partial charge in [-0.15, -0.1) is 0 Å². The maximum absolute atomic E-state index is 12.1. The van der Waals surface area contributed by atoms with Gasteiger partial charge in [0.1, 0.15) is 0 Å². The molecule has 5 heteroatoms. The van der Waals surface area contributed by atoms with Crippen molar-refractivity contribution in [3.8, 4) is 0 Å². The normalized spacial score (nSPS) is 20.0. The first-order chi connectivity index (χ1) is 10.0. The van der Waals surface area contributed by atoms with Crippen LogP contribution in [0.2, 0.25) is 5.02 Å². The molecule has 0 unspecified atom stereocenters. The van der Waals surface area contributed by atoms with Crippen molar-refractivity contribution in [1.82, 2.24) is 10.2 Å². The smallest absolute Gasteiger partial charge is 0.239 e. The Labute approximate surface area is 130 Å². The van der Waals surface area contributed by atoms with Gasteiger partial charge in [-0.1, -0.05) is 30.7 Å². The van der Waals surface area contributed by atoms with Crippen LogP contribution in [0.4, 0.5) is 0 Å². The van der Waals surface area contributed by atoms with Crippen molar-refractivity contribution in [2.24, 2.45) is 11.8 Å². The lowest BCUT2D eigenvalue weighted by Crippen LogP contribution is -2.41.